The molecule has 2 aromatic carbocycles. The second-order valence-electron chi connectivity index (χ2n) is 8.72. The maximum absolute atomic E-state index is 13.5. The van der Waals surface area contributed by atoms with Crippen LogP contribution in [0.2, 0.25) is 0 Å². The molecule has 0 saturated heterocycles. The lowest BCUT2D eigenvalue weighted by atomic mass is 10.1. The number of hydrogen-bond donors (Lipinski definition) is 0. The Balaban J connectivity index is 1.77. The van der Waals surface area contributed by atoms with E-state index in [1.165, 1.54) is 4.88 Å². The summed E-state index contributed by atoms with van der Waals surface area (Å²) >= 11 is 1.70. The van der Waals surface area contributed by atoms with Gasteiger partial charge in [-0.1, -0.05) is 80.9 Å². The van der Waals surface area contributed by atoms with Crippen molar-refractivity contribution in [1.82, 2.24) is 9.80 Å². The number of rotatable bonds is 11. The average molecular weight is 475 g/mol. The molecule has 0 spiro atoms. The summed E-state index contributed by atoms with van der Waals surface area (Å²) in [5, 5.41) is 0. The van der Waals surface area contributed by atoms with E-state index in [2.05, 4.69) is 32.9 Å². The molecule has 178 valence electrons. The Labute approximate surface area is 207 Å². The molecular formula is C29H34N2O2S. The normalized spacial score (nSPS) is 12.0. The van der Waals surface area contributed by atoms with Gasteiger partial charge in [-0.3, -0.25) is 9.59 Å². The lowest BCUT2D eigenvalue weighted by Gasteiger charge is -2.28. The minimum Gasteiger partial charge on any atom is -0.332 e. The molecule has 0 radical (unpaired) electrons. The van der Waals surface area contributed by atoms with Crippen LogP contribution in [0.5, 0.6) is 0 Å². The molecule has 0 aliphatic carbocycles. The fourth-order valence-electron chi connectivity index (χ4n) is 3.63. The van der Waals surface area contributed by atoms with Gasteiger partial charge in [0, 0.05) is 28.9 Å². The summed E-state index contributed by atoms with van der Waals surface area (Å²) < 4.78 is 0. The first-order chi connectivity index (χ1) is 16.4. The number of aryl methyl sites for hydroxylation is 1. The van der Waals surface area contributed by atoms with Crippen LogP contribution in [0.3, 0.4) is 0 Å². The van der Waals surface area contributed by atoms with Crippen molar-refractivity contribution in [2.75, 3.05) is 13.1 Å². The summed E-state index contributed by atoms with van der Waals surface area (Å²) in [7, 11) is 0. The van der Waals surface area contributed by atoms with Crippen molar-refractivity contribution in [3.05, 3.63) is 99.8 Å². The third kappa shape index (κ3) is 7.99. The van der Waals surface area contributed by atoms with Crippen LogP contribution >= 0.6 is 11.3 Å². The number of benzene rings is 2. The number of nitrogens with zero attached hydrogens (tertiary/aromatic N) is 2. The van der Waals surface area contributed by atoms with Crippen molar-refractivity contribution in [2.24, 2.45) is 5.92 Å². The Hall–Kier alpha value is -3.18. The zero-order chi connectivity index (χ0) is 24.3. The van der Waals surface area contributed by atoms with Crippen LogP contribution < -0.4 is 0 Å². The van der Waals surface area contributed by atoms with Crippen molar-refractivity contribution in [1.29, 1.82) is 0 Å². The molecule has 0 saturated carbocycles. The Morgan fingerprint density at radius 3 is 2.21 bits per heavy atom. The second kappa shape index (κ2) is 12.9. The largest absolute Gasteiger partial charge is 0.332 e. The van der Waals surface area contributed by atoms with Gasteiger partial charge in [0.05, 0.1) is 6.54 Å². The van der Waals surface area contributed by atoms with Gasteiger partial charge in [-0.25, -0.2) is 0 Å². The lowest BCUT2D eigenvalue weighted by Crippen LogP contribution is -2.43. The molecule has 0 aliphatic heterocycles. The lowest BCUT2D eigenvalue weighted by molar-refractivity contribution is -0.139. The number of amides is 2. The first-order valence-corrected chi connectivity index (χ1v) is 12.6. The van der Waals surface area contributed by atoms with E-state index >= 15 is 0 Å². The molecule has 1 heterocycles. The van der Waals surface area contributed by atoms with Gasteiger partial charge >= 0.3 is 0 Å². The van der Waals surface area contributed by atoms with E-state index < -0.39 is 0 Å². The van der Waals surface area contributed by atoms with Crippen LogP contribution in [-0.4, -0.2) is 34.7 Å². The van der Waals surface area contributed by atoms with Crippen LogP contribution in [0.1, 0.15) is 41.1 Å². The molecule has 0 aliphatic rings. The first kappa shape index (κ1) is 25.4. The number of hydrogen-bond acceptors (Lipinski definition) is 3. The molecule has 3 rings (SSSR count). The highest BCUT2D eigenvalue weighted by atomic mass is 32.1. The molecule has 0 fully saturated rings. The molecule has 34 heavy (non-hydrogen) atoms. The maximum atomic E-state index is 13.5. The monoisotopic (exact) mass is 474 g/mol. The minimum absolute atomic E-state index is 0.0420. The highest BCUT2D eigenvalue weighted by Gasteiger charge is 2.22. The molecule has 5 heteroatoms. The highest BCUT2D eigenvalue weighted by molar-refractivity contribution is 7.11. The summed E-state index contributed by atoms with van der Waals surface area (Å²) in [6.45, 7) is 7.97. The predicted molar refractivity (Wildman–Crippen MR) is 141 cm³/mol. The number of thiophene rings is 1. The topological polar surface area (TPSA) is 40.6 Å². The smallest absolute Gasteiger partial charge is 0.247 e. The van der Waals surface area contributed by atoms with Gasteiger partial charge < -0.3 is 9.80 Å². The van der Waals surface area contributed by atoms with E-state index in [1.807, 2.05) is 71.6 Å². The van der Waals surface area contributed by atoms with E-state index in [0.717, 1.165) is 22.4 Å². The van der Waals surface area contributed by atoms with E-state index in [1.54, 1.807) is 22.3 Å². The molecule has 0 N–H and O–H groups in total. The van der Waals surface area contributed by atoms with E-state index in [-0.39, 0.29) is 18.4 Å². The quantitative estimate of drug-likeness (QED) is 0.312. The van der Waals surface area contributed by atoms with Crippen molar-refractivity contribution in [3.63, 3.8) is 0 Å². The second-order valence-corrected chi connectivity index (χ2v) is 10.1. The molecule has 1 atom stereocenters. The van der Waals surface area contributed by atoms with Crippen LogP contribution in [0.4, 0.5) is 0 Å². The zero-order valence-electron chi connectivity index (χ0n) is 20.3. The van der Waals surface area contributed by atoms with Crippen LogP contribution in [0.25, 0.3) is 6.08 Å². The number of carbonyl (C=O) groups excluding carboxylic acids is 2. The molecule has 2 amide bonds. The number of carbonyl (C=O) groups is 2. The minimum atomic E-state index is -0.135. The van der Waals surface area contributed by atoms with Gasteiger partial charge in [0.2, 0.25) is 11.8 Å². The van der Waals surface area contributed by atoms with Gasteiger partial charge in [-0.15, -0.1) is 11.3 Å². The molecular weight excluding hydrogens is 440 g/mol. The Bertz CT molecular complexity index is 1080. The van der Waals surface area contributed by atoms with E-state index in [4.69, 9.17) is 0 Å². The fraction of sp³-hybridized carbons (Fsp3) is 0.310. The maximum Gasteiger partial charge on any atom is 0.247 e. The van der Waals surface area contributed by atoms with Crippen LogP contribution in [-0.2, 0) is 22.7 Å². The summed E-state index contributed by atoms with van der Waals surface area (Å²) in [5.41, 5.74) is 2.04. The Kier molecular flexibility index (Phi) is 9.65. The zero-order valence-corrected chi connectivity index (χ0v) is 21.1. The summed E-state index contributed by atoms with van der Waals surface area (Å²) in [6.07, 6.45) is 4.34. The van der Waals surface area contributed by atoms with Crippen molar-refractivity contribution >= 4 is 29.2 Å². The van der Waals surface area contributed by atoms with E-state index in [0.29, 0.717) is 25.6 Å². The Morgan fingerprint density at radius 2 is 1.59 bits per heavy atom. The molecule has 1 aromatic heterocycles. The van der Waals surface area contributed by atoms with Gasteiger partial charge in [0.25, 0.3) is 0 Å². The van der Waals surface area contributed by atoms with Gasteiger partial charge in [0.15, 0.2) is 0 Å². The van der Waals surface area contributed by atoms with E-state index in [9.17, 15) is 9.59 Å². The first-order valence-electron chi connectivity index (χ1n) is 11.8. The Morgan fingerprint density at radius 1 is 0.912 bits per heavy atom. The fourth-order valence-corrected chi connectivity index (χ4v) is 4.54. The summed E-state index contributed by atoms with van der Waals surface area (Å²) in [4.78, 5) is 32.6. The van der Waals surface area contributed by atoms with Gasteiger partial charge in [-0.05, 0) is 42.2 Å². The summed E-state index contributed by atoms with van der Waals surface area (Å²) in [5.74, 6) is 0.133. The van der Waals surface area contributed by atoms with Crippen molar-refractivity contribution < 1.29 is 9.59 Å². The third-order valence-electron chi connectivity index (χ3n) is 5.80. The SMILES string of the molecule is CCC(C)CN(CC(=O)N(Cc1ccccc1)Cc1ccc(C)s1)C(=O)/C=C/c1ccccc1. The van der Waals surface area contributed by atoms with Crippen LogP contribution in [0, 0.1) is 12.8 Å². The molecule has 1 unspecified atom stereocenters. The van der Waals surface area contributed by atoms with Crippen molar-refractivity contribution in [3.8, 4) is 0 Å². The van der Waals surface area contributed by atoms with Crippen molar-refractivity contribution in [2.45, 2.75) is 40.3 Å². The van der Waals surface area contributed by atoms with Gasteiger partial charge in [-0.2, -0.15) is 0 Å². The van der Waals surface area contributed by atoms with Gasteiger partial charge in [0.1, 0.15) is 6.54 Å². The highest BCUT2D eigenvalue weighted by Crippen LogP contribution is 2.19. The molecule has 0 bridgehead atoms. The average Bonchev–Trinajstić information content (AvgIpc) is 3.27. The molecule has 4 nitrogen and oxygen atoms in total. The third-order valence-corrected chi connectivity index (χ3v) is 6.78. The summed E-state index contributed by atoms with van der Waals surface area (Å²) in [6, 6.07) is 23.9. The molecule has 3 aromatic rings. The van der Waals surface area contributed by atoms with Crippen LogP contribution in [0.15, 0.2) is 78.9 Å². The standard InChI is InChI=1S/C29H34N2O2S/c1-4-23(2)19-30(28(32)18-16-25-11-7-5-8-12-25)22-29(33)31(20-26-13-9-6-10-14-26)21-27-17-15-24(3)34-27/h5-18,23H,4,19-22H2,1-3H3/b18-16+. The predicted octanol–water partition coefficient (Wildman–Crippen LogP) is 6.17.